The number of hydrogen-bond acceptors (Lipinski definition) is 8. The molecule has 1 saturated heterocycles. The zero-order chi connectivity index (χ0) is 21.8. The van der Waals surface area contributed by atoms with Gasteiger partial charge in [0.05, 0.1) is 15.6 Å². The fraction of sp³-hybridized carbons (Fsp3) is 0.350. The van der Waals surface area contributed by atoms with Crippen molar-refractivity contribution in [2.24, 2.45) is 0 Å². The Morgan fingerprint density at radius 3 is 2.52 bits per heavy atom. The highest BCUT2D eigenvalue weighted by Crippen LogP contribution is 2.27. The summed E-state index contributed by atoms with van der Waals surface area (Å²) in [7, 11) is 0. The van der Waals surface area contributed by atoms with Crippen molar-refractivity contribution in [1.29, 1.82) is 0 Å². The normalized spacial score (nSPS) is 14.1. The zero-order valence-corrected chi connectivity index (χ0v) is 18.6. The summed E-state index contributed by atoms with van der Waals surface area (Å²) in [6.07, 6.45) is 0. The summed E-state index contributed by atoms with van der Waals surface area (Å²) in [4.78, 5) is 28.2. The van der Waals surface area contributed by atoms with Crippen LogP contribution in [0.2, 0.25) is 0 Å². The molecule has 0 N–H and O–H groups in total. The van der Waals surface area contributed by atoms with Gasteiger partial charge in [-0.15, -0.1) is 21.5 Å². The molecule has 0 aliphatic carbocycles. The maximum Gasteiger partial charge on any atom is 0.269 e. The molecule has 0 atom stereocenters. The summed E-state index contributed by atoms with van der Waals surface area (Å²) in [5, 5.41) is 22.2. The second-order valence-electron chi connectivity index (χ2n) is 6.96. The summed E-state index contributed by atoms with van der Waals surface area (Å²) in [6, 6.07) is 10.5. The average Bonchev–Trinajstić information content (AvgIpc) is 3.47. The number of thiophene rings is 1. The van der Waals surface area contributed by atoms with E-state index in [-0.39, 0.29) is 11.6 Å². The van der Waals surface area contributed by atoms with E-state index >= 15 is 0 Å². The van der Waals surface area contributed by atoms with E-state index in [2.05, 4.69) is 15.1 Å². The van der Waals surface area contributed by atoms with Crippen molar-refractivity contribution in [1.82, 2.24) is 19.7 Å². The summed E-state index contributed by atoms with van der Waals surface area (Å²) < 4.78 is 2.04. The molecule has 1 amide bonds. The maximum absolute atomic E-state index is 12.7. The van der Waals surface area contributed by atoms with Crippen LogP contribution in [0.25, 0.3) is 10.7 Å². The lowest BCUT2D eigenvalue weighted by molar-refractivity contribution is -0.384. The van der Waals surface area contributed by atoms with E-state index in [0.29, 0.717) is 31.9 Å². The molecular formula is C20H22N6O3S2. The minimum Gasteiger partial charge on any atom is -0.368 e. The topological polar surface area (TPSA) is 97.4 Å². The van der Waals surface area contributed by atoms with Crippen LogP contribution in [0.5, 0.6) is 0 Å². The molecule has 3 aromatic rings. The van der Waals surface area contributed by atoms with Gasteiger partial charge in [-0.25, -0.2) is 0 Å². The van der Waals surface area contributed by atoms with Gasteiger partial charge in [0.1, 0.15) is 0 Å². The van der Waals surface area contributed by atoms with E-state index in [4.69, 9.17) is 0 Å². The Labute approximate surface area is 187 Å². The lowest BCUT2D eigenvalue weighted by Gasteiger charge is -2.36. The number of carbonyl (C=O) groups excluding carboxylic acids is 1. The first kappa shape index (κ1) is 21.3. The number of nitro groups is 1. The number of anilines is 1. The Morgan fingerprint density at radius 1 is 1.16 bits per heavy atom. The Bertz CT molecular complexity index is 1040. The third-order valence-corrected chi connectivity index (χ3v) is 6.97. The first-order chi connectivity index (χ1) is 15.1. The zero-order valence-electron chi connectivity index (χ0n) is 17.0. The first-order valence-electron chi connectivity index (χ1n) is 9.94. The molecule has 1 aliphatic rings. The average molecular weight is 459 g/mol. The second kappa shape index (κ2) is 9.48. The van der Waals surface area contributed by atoms with Gasteiger partial charge >= 0.3 is 0 Å². The molecule has 4 rings (SSSR count). The molecule has 1 aliphatic heterocycles. The van der Waals surface area contributed by atoms with Gasteiger partial charge in [-0.3, -0.25) is 14.9 Å². The fourth-order valence-corrected chi connectivity index (χ4v) is 5.11. The van der Waals surface area contributed by atoms with Gasteiger partial charge in [-0.2, -0.15) is 0 Å². The van der Waals surface area contributed by atoms with Crippen LogP contribution in [-0.4, -0.2) is 62.4 Å². The number of non-ortho nitro benzene ring substituents is 1. The van der Waals surface area contributed by atoms with Crippen LogP contribution >= 0.6 is 23.1 Å². The summed E-state index contributed by atoms with van der Waals surface area (Å²) in [5.74, 6) is 1.24. The lowest BCUT2D eigenvalue weighted by Crippen LogP contribution is -2.49. The van der Waals surface area contributed by atoms with Crippen molar-refractivity contribution < 1.29 is 9.72 Å². The summed E-state index contributed by atoms with van der Waals surface area (Å²) in [5.41, 5.74) is 1.01. The number of aromatic nitrogens is 3. The van der Waals surface area contributed by atoms with Crippen molar-refractivity contribution in [2.45, 2.75) is 18.6 Å². The predicted molar refractivity (Wildman–Crippen MR) is 122 cm³/mol. The number of amides is 1. The molecule has 0 radical (unpaired) electrons. The van der Waals surface area contributed by atoms with Crippen LogP contribution in [0.3, 0.4) is 0 Å². The van der Waals surface area contributed by atoms with E-state index in [1.54, 1.807) is 23.5 Å². The quantitative estimate of drug-likeness (QED) is 0.304. The van der Waals surface area contributed by atoms with Crippen LogP contribution in [0.15, 0.2) is 46.9 Å². The molecule has 1 aromatic carbocycles. The highest BCUT2D eigenvalue weighted by atomic mass is 32.2. The monoisotopic (exact) mass is 458 g/mol. The molecule has 2 aromatic heterocycles. The van der Waals surface area contributed by atoms with Crippen LogP contribution in [-0.2, 0) is 11.3 Å². The first-order valence-corrected chi connectivity index (χ1v) is 11.8. The molecule has 31 heavy (non-hydrogen) atoms. The molecule has 9 nitrogen and oxygen atoms in total. The predicted octanol–water partition coefficient (Wildman–Crippen LogP) is 3.38. The number of carbonyl (C=O) groups is 1. The Morgan fingerprint density at radius 2 is 1.90 bits per heavy atom. The summed E-state index contributed by atoms with van der Waals surface area (Å²) in [6.45, 7) is 5.42. The van der Waals surface area contributed by atoms with Gasteiger partial charge in [0, 0.05) is 50.5 Å². The van der Waals surface area contributed by atoms with E-state index in [9.17, 15) is 14.9 Å². The van der Waals surface area contributed by atoms with Crippen molar-refractivity contribution >= 4 is 40.4 Å². The molecule has 0 unspecified atom stereocenters. The lowest BCUT2D eigenvalue weighted by atomic mass is 10.2. The highest BCUT2D eigenvalue weighted by Gasteiger charge is 2.23. The van der Waals surface area contributed by atoms with Gasteiger partial charge in [0.15, 0.2) is 11.0 Å². The third kappa shape index (κ3) is 4.72. The molecule has 3 heterocycles. The smallest absolute Gasteiger partial charge is 0.269 e. The largest absolute Gasteiger partial charge is 0.368 e. The fourth-order valence-electron chi connectivity index (χ4n) is 3.49. The third-order valence-electron chi connectivity index (χ3n) is 5.16. The Kier molecular flexibility index (Phi) is 6.52. The van der Waals surface area contributed by atoms with Crippen LogP contribution in [0.4, 0.5) is 11.4 Å². The highest BCUT2D eigenvalue weighted by molar-refractivity contribution is 7.99. The minimum absolute atomic E-state index is 0.0803. The number of nitrogens with zero attached hydrogens (tertiary/aromatic N) is 6. The number of hydrogen-bond donors (Lipinski definition) is 0. The van der Waals surface area contributed by atoms with E-state index in [0.717, 1.165) is 28.1 Å². The van der Waals surface area contributed by atoms with Gasteiger partial charge in [0.2, 0.25) is 5.91 Å². The standard InChI is InChI=1S/C20H22N6O3S2/c1-2-25-19(17-4-3-13-30-17)21-22-20(25)31-14-18(27)24-11-9-23(10-12-24)15-5-7-16(8-6-15)26(28)29/h3-8,13H,2,9-12,14H2,1H3. The molecule has 0 bridgehead atoms. The Balaban J connectivity index is 1.31. The van der Waals surface area contributed by atoms with Gasteiger partial charge in [0.25, 0.3) is 5.69 Å². The molecular weight excluding hydrogens is 436 g/mol. The van der Waals surface area contributed by atoms with Crippen LogP contribution in [0.1, 0.15) is 6.92 Å². The molecule has 0 saturated carbocycles. The molecule has 162 valence electrons. The second-order valence-corrected chi connectivity index (χ2v) is 8.85. The number of thioether (sulfide) groups is 1. The van der Waals surface area contributed by atoms with Crippen molar-refractivity contribution in [3.63, 3.8) is 0 Å². The van der Waals surface area contributed by atoms with Crippen LogP contribution < -0.4 is 4.90 Å². The van der Waals surface area contributed by atoms with Crippen molar-refractivity contribution in [3.05, 3.63) is 51.9 Å². The van der Waals surface area contributed by atoms with Gasteiger partial charge in [-0.1, -0.05) is 17.8 Å². The van der Waals surface area contributed by atoms with E-state index < -0.39 is 4.92 Å². The SMILES string of the molecule is CCn1c(SCC(=O)N2CCN(c3ccc([N+](=O)[O-])cc3)CC2)nnc1-c1cccs1. The minimum atomic E-state index is -0.402. The molecule has 11 heteroatoms. The van der Waals surface area contributed by atoms with E-state index in [1.807, 2.05) is 33.9 Å². The Hall–Kier alpha value is -2.92. The summed E-state index contributed by atoms with van der Waals surface area (Å²) >= 11 is 3.04. The molecule has 0 spiro atoms. The van der Waals surface area contributed by atoms with Crippen molar-refractivity contribution in [2.75, 3.05) is 36.8 Å². The maximum atomic E-state index is 12.7. The molecule has 1 fully saturated rings. The number of rotatable bonds is 7. The number of benzene rings is 1. The van der Waals surface area contributed by atoms with E-state index in [1.165, 1.54) is 23.9 Å². The number of nitro benzene ring substituents is 1. The van der Waals surface area contributed by atoms with Crippen molar-refractivity contribution in [3.8, 4) is 10.7 Å². The van der Waals surface area contributed by atoms with Gasteiger partial charge < -0.3 is 14.4 Å². The van der Waals surface area contributed by atoms with Crippen LogP contribution in [0, 0.1) is 10.1 Å². The number of piperazine rings is 1. The van der Waals surface area contributed by atoms with Gasteiger partial charge in [-0.05, 0) is 30.5 Å².